The first-order chi connectivity index (χ1) is 8.81. The van der Waals surface area contributed by atoms with Crippen molar-refractivity contribution in [3.8, 4) is 6.01 Å². The minimum Gasteiger partial charge on any atom is -0.467 e. The fourth-order valence-electron chi connectivity index (χ4n) is 1.77. The van der Waals surface area contributed by atoms with Gasteiger partial charge in [-0.25, -0.2) is 0 Å². The number of ether oxygens (including phenoxy) is 2. The fraction of sp³-hybridized carbons (Fsp3) is 0.727. The van der Waals surface area contributed by atoms with E-state index in [2.05, 4.69) is 25.6 Å². The van der Waals surface area contributed by atoms with E-state index in [1.807, 2.05) is 6.92 Å². The number of nitrogens with zero attached hydrogens (tertiary/aromatic N) is 3. The summed E-state index contributed by atoms with van der Waals surface area (Å²) in [5.74, 6) is 1.02. The Kier molecular flexibility index (Phi) is 4.52. The topological polar surface area (TPSA) is 81.2 Å². The molecule has 0 amide bonds. The van der Waals surface area contributed by atoms with Crippen LogP contribution in [0.25, 0.3) is 0 Å². The van der Waals surface area contributed by atoms with E-state index in [1.165, 1.54) is 7.11 Å². The number of anilines is 2. The quantitative estimate of drug-likeness (QED) is 0.779. The molecule has 0 bridgehead atoms. The summed E-state index contributed by atoms with van der Waals surface area (Å²) in [6, 6.07) is 0.302. The molecule has 18 heavy (non-hydrogen) atoms. The maximum Gasteiger partial charge on any atom is 0.322 e. The summed E-state index contributed by atoms with van der Waals surface area (Å²) in [4.78, 5) is 12.5. The van der Waals surface area contributed by atoms with Crippen molar-refractivity contribution in [2.75, 3.05) is 37.4 Å². The molecule has 1 atom stereocenters. The molecule has 0 radical (unpaired) electrons. The van der Waals surface area contributed by atoms with Crippen LogP contribution in [0.15, 0.2) is 0 Å². The van der Waals surface area contributed by atoms with E-state index in [-0.39, 0.29) is 6.10 Å². The van der Waals surface area contributed by atoms with Crippen LogP contribution in [0.4, 0.5) is 11.9 Å². The average Bonchev–Trinajstić information content (AvgIpc) is 2.89. The molecule has 0 saturated carbocycles. The number of rotatable bonds is 6. The standard InChI is InChI=1S/C11H19N5O2/c1-3-12-9-14-10(16-11(15-9)17-2)13-7-8-5-4-6-18-8/h8H,3-7H2,1-2H3,(H2,12,13,14,15,16). The van der Waals surface area contributed by atoms with Gasteiger partial charge in [0.2, 0.25) is 11.9 Å². The summed E-state index contributed by atoms with van der Waals surface area (Å²) in [5, 5.41) is 6.19. The van der Waals surface area contributed by atoms with Crippen molar-refractivity contribution in [1.82, 2.24) is 15.0 Å². The maximum atomic E-state index is 5.53. The molecule has 0 spiro atoms. The zero-order valence-electron chi connectivity index (χ0n) is 10.8. The van der Waals surface area contributed by atoms with Crippen molar-refractivity contribution in [2.45, 2.75) is 25.9 Å². The third-order valence-corrected chi connectivity index (χ3v) is 2.64. The Hall–Kier alpha value is -1.63. The first-order valence-electron chi connectivity index (χ1n) is 6.21. The molecule has 0 aliphatic carbocycles. The second-order valence-corrected chi connectivity index (χ2v) is 4.02. The Morgan fingerprint density at radius 2 is 2.06 bits per heavy atom. The minimum absolute atomic E-state index is 0.246. The summed E-state index contributed by atoms with van der Waals surface area (Å²) in [5.41, 5.74) is 0. The van der Waals surface area contributed by atoms with Gasteiger partial charge in [0.15, 0.2) is 0 Å². The second-order valence-electron chi connectivity index (χ2n) is 4.02. The lowest BCUT2D eigenvalue weighted by Gasteiger charge is -2.11. The molecule has 1 aromatic heterocycles. The number of methoxy groups -OCH3 is 1. The largest absolute Gasteiger partial charge is 0.467 e. The highest BCUT2D eigenvalue weighted by Gasteiger charge is 2.16. The molecular weight excluding hydrogens is 234 g/mol. The van der Waals surface area contributed by atoms with Crippen molar-refractivity contribution in [3.63, 3.8) is 0 Å². The van der Waals surface area contributed by atoms with E-state index in [0.717, 1.165) is 26.0 Å². The third-order valence-electron chi connectivity index (χ3n) is 2.64. The smallest absolute Gasteiger partial charge is 0.322 e. The van der Waals surface area contributed by atoms with Crippen LogP contribution in [0.3, 0.4) is 0 Å². The predicted molar refractivity (Wildman–Crippen MR) is 68.0 cm³/mol. The first kappa shape index (κ1) is 12.8. The Morgan fingerprint density at radius 1 is 1.28 bits per heavy atom. The molecule has 1 aliphatic heterocycles. The van der Waals surface area contributed by atoms with Crippen LogP contribution in [-0.2, 0) is 4.74 Å². The number of aromatic nitrogens is 3. The highest BCUT2D eigenvalue weighted by Crippen LogP contribution is 2.14. The van der Waals surface area contributed by atoms with Crippen molar-refractivity contribution in [1.29, 1.82) is 0 Å². The van der Waals surface area contributed by atoms with E-state index in [0.29, 0.717) is 24.5 Å². The molecule has 0 aromatic carbocycles. The first-order valence-corrected chi connectivity index (χ1v) is 6.21. The van der Waals surface area contributed by atoms with Gasteiger partial charge in [0, 0.05) is 19.7 Å². The highest BCUT2D eigenvalue weighted by atomic mass is 16.5. The minimum atomic E-state index is 0.246. The molecule has 100 valence electrons. The lowest BCUT2D eigenvalue weighted by molar-refractivity contribution is 0.120. The third kappa shape index (κ3) is 3.43. The Bertz CT molecular complexity index is 382. The number of nitrogens with one attached hydrogen (secondary N) is 2. The monoisotopic (exact) mass is 253 g/mol. The van der Waals surface area contributed by atoms with Crippen LogP contribution in [0.2, 0.25) is 0 Å². The van der Waals surface area contributed by atoms with E-state index >= 15 is 0 Å². The van der Waals surface area contributed by atoms with Gasteiger partial charge in [-0.1, -0.05) is 0 Å². The molecule has 2 N–H and O–H groups in total. The van der Waals surface area contributed by atoms with E-state index < -0.39 is 0 Å². The van der Waals surface area contributed by atoms with E-state index in [4.69, 9.17) is 9.47 Å². The van der Waals surface area contributed by atoms with Gasteiger partial charge in [-0.15, -0.1) is 0 Å². The molecule has 7 heteroatoms. The van der Waals surface area contributed by atoms with Crippen LogP contribution in [0.1, 0.15) is 19.8 Å². The van der Waals surface area contributed by atoms with Crippen LogP contribution < -0.4 is 15.4 Å². The van der Waals surface area contributed by atoms with Gasteiger partial charge in [-0.3, -0.25) is 0 Å². The zero-order valence-corrected chi connectivity index (χ0v) is 10.8. The van der Waals surface area contributed by atoms with Crippen molar-refractivity contribution in [2.24, 2.45) is 0 Å². The molecule has 1 fully saturated rings. The van der Waals surface area contributed by atoms with Gasteiger partial charge in [0.1, 0.15) is 0 Å². The van der Waals surface area contributed by atoms with Gasteiger partial charge in [-0.05, 0) is 19.8 Å². The van der Waals surface area contributed by atoms with E-state index in [9.17, 15) is 0 Å². The summed E-state index contributed by atoms with van der Waals surface area (Å²) < 4.78 is 10.6. The fourth-order valence-corrected chi connectivity index (χ4v) is 1.77. The van der Waals surface area contributed by atoms with Gasteiger partial charge in [0.05, 0.1) is 13.2 Å². The molecule has 7 nitrogen and oxygen atoms in total. The molecular formula is C11H19N5O2. The lowest BCUT2D eigenvalue weighted by atomic mass is 10.2. The Labute approximate surface area is 106 Å². The van der Waals surface area contributed by atoms with Gasteiger partial charge in [0.25, 0.3) is 0 Å². The van der Waals surface area contributed by atoms with E-state index in [1.54, 1.807) is 0 Å². The summed E-state index contributed by atoms with van der Waals surface area (Å²) in [6.45, 7) is 4.28. The van der Waals surface area contributed by atoms with Crippen molar-refractivity contribution < 1.29 is 9.47 Å². The lowest BCUT2D eigenvalue weighted by Crippen LogP contribution is -2.20. The van der Waals surface area contributed by atoms with Crippen LogP contribution in [0, 0.1) is 0 Å². The van der Waals surface area contributed by atoms with Crippen LogP contribution in [0.5, 0.6) is 6.01 Å². The SMILES string of the molecule is CCNc1nc(NCC2CCCO2)nc(OC)n1. The maximum absolute atomic E-state index is 5.53. The Morgan fingerprint density at radius 3 is 2.67 bits per heavy atom. The normalized spacial score (nSPS) is 18.7. The van der Waals surface area contributed by atoms with Crippen molar-refractivity contribution >= 4 is 11.9 Å². The van der Waals surface area contributed by atoms with Gasteiger partial charge >= 0.3 is 6.01 Å². The van der Waals surface area contributed by atoms with Crippen LogP contribution in [-0.4, -0.2) is 47.9 Å². The summed E-state index contributed by atoms with van der Waals surface area (Å²) in [7, 11) is 1.54. The summed E-state index contributed by atoms with van der Waals surface area (Å²) >= 11 is 0. The van der Waals surface area contributed by atoms with Crippen molar-refractivity contribution in [3.05, 3.63) is 0 Å². The van der Waals surface area contributed by atoms with Gasteiger partial charge in [-0.2, -0.15) is 15.0 Å². The average molecular weight is 253 g/mol. The van der Waals surface area contributed by atoms with Gasteiger partial charge < -0.3 is 20.1 Å². The number of hydrogen-bond donors (Lipinski definition) is 2. The molecule has 1 aliphatic rings. The highest BCUT2D eigenvalue weighted by molar-refractivity contribution is 5.35. The molecule has 1 aromatic rings. The predicted octanol–water partition coefficient (Wildman–Crippen LogP) is 0.903. The molecule has 2 rings (SSSR count). The zero-order chi connectivity index (χ0) is 12.8. The molecule has 1 saturated heterocycles. The van der Waals surface area contributed by atoms with Crippen LogP contribution >= 0.6 is 0 Å². The second kappa shape index (κ2) is 6.34. The molecule has 2 heterocycles. The molecule has 1 unspecified atom stereocenters. The Balaban J connectivity index is 1.98. The number of hydrogen-bond acceptors (Lipinski definition) is 7. The summed E-state index contributed by atoms with van der Waals surface area (Å²) in [6.07, 6.45) is 2.44.